The van der Waals surface area contributed by atoms with Gasteiger partial charge in [0, 0.05) is 79.3 Å². The molecule has 5 heterocycles. The average Bonchev–Trinajstić information content (AvgIpc) is 3.78. The fourth-order valence-electron chi connectivity index (χ4n) is 10.2. The number of aromatic nitrogens is 3. The lowest BCUT2D eigenvalue weighted by Crippen LogP contribution is -2.12. The topological polar surface area (TPSA) is 29.2 Å². The van der Waals surface area contributed by atoms with Gasteiger partial charge < -0.3 is 18.9 Å². The van der Waals surface area contributed by atoms with Crippen LogP contribution in [0.25, 0.3) is 77.9 Å². The van der Waals surface area contributed by atoms with E-state index in [1.807, 2.05) is 12.4 Å². The first-order chi connectivity index (χ1) is 30.8. The summed E-state index contributed by atoms with van der Waals surface area (Å²) in [6, 6.07) is 77.0. The largest absolute Gasteiger partial charge is 0.309 e. The zero-order valence-corrected chi connectivity index (χ0v) is 33.6. The predicted molar refractivity (Wildman–Crippen MR) is 256 cm³/mol. The first-order valence-electron chi connectivity index (χ1n) is 21.1. The summed E-state index contributed by atoms with van der Waals surface area (Å²) in [6.45, 7) is 0. The van der Waals surface area contributed by atoms with Gasteiger partial charge >= 0.3 is 0 Å². The Morgan fingerprint density at radius 2 is 0.742 bits per heavy atom. The summed E-state index contributed by atoms with van der Waals surface area (Å²) in [5.74, 6) is 0. The molecule has 2 aliphatic rings. The van der Waals surface area contributed by atoms with Crippen LogP contribution in [0.5, 0.6) is 0 Å². The molecule has 0 radical (unpaired) electrons. The lowest BCUT2D eigenvalue weighted by molar-refractivity contribution is 1.12. The molecule has 0 saturated heterocycles. The quantitative estimate of drug-likeness (QED) is 0.178. The van der Waals surface area contributed by atoms with Crippen LogP contribution >= 0.6 is 0 Å². The Balaban J connectivity index is 1.08. The first-order valence-corrected chi connectivity index (χ1v) is 21.1. The van der Waals surface area contributed by atoms with E-state index in [1.54, 1.807) is 0 Å². The molecule has 11 aromatic rings. The molecular weight excluding hydrogens is 755 g/mol. The highest BCUT2D eigenvalue weighted by Crippen LogP contribution is 2.56. The molecule has 5 nitrogen and oxygen atoms in total. The molecule has 0 spiro atoms. The van der Waals surface area contributed by atoms with Gasteiger partial charge in [-0.25, -0.2) is 0 Å². The van der Waals surface area contributed by atoms with E-state index in [2.05, 4.69) is 231 Å². The van der Waals surface area contributed by atoms with Crippen molar-refractivity contribution in [2.75, 3.05) is 9.80 Å². The number of hydrogen-bond donors (Lipinski definition) is 0. The van der Waals surface area contributed by atoms with E-state index in [-0.39, 0.29) is 0 Å². The van der Waals surface area contributed by atoms with E-state index in [0.29, 0.717) is 0 Å². The molecule has 0 bridgehead atoms. The Labute approximate surface area is 359 Å². The van der Waals surface area contributed by atoms with Crippen LogP contribution in [0.4, 0.5) is 34.1 Å². The number of pyridine rings is 1. The summed E-state index contributed by atoms with van der Waals surface area (Å²) in [4.78, 5) is 9.61. The Bertz CT molecular complexity index is 3540. The second kappa shape index (κ2) is 13.6. The minimum atomic E-state index is 1.07. The van der Waals surface area contributed by atoms with Gasteiger partial charge in [0.2, 0.25) is 0 Å². The average molecular weight is 792 g/mol. The van der Waals surface area contributed by atoms with Gasteiger partial charge in [0.05, 0.1) is 45.2 Å². The fourth-order valence-corrected chi connectivity index (χ4v) is 10.2. The Morgan fingerprint density at radius 3 is 1.39 bits per heavy atom. The first kappa shape index (κ1) is 34.5. The molecular formula is C57H37N5. The zero-order chi connectivity index (χ0) is 40.7. The van der Waals surface area contributed by atoms with Crippen molar-refractivity contribution in [3.05, 3.63) is 225 Å². The molecule has 0 amide bonds. The Kier molecular flexibility index (Phi) is 7.54. The maximum absolute atomic E-state index is 4.74. The van der Waals surface area contributed by atoms with Gasteiger partial charge in [-0.1, -0.05) is 133 Å². The Morgan fingerprint density at radius 1 is 0.306 bits per heavy atom. The maximum Gasteiger partial charge on any atom is 0.0641 e. The number of rotatable bonds is 4. The maximum atomic E-state index is 4.74. The normalized spacial score (nSPS) is 12.5. The van der Waals surface area contributed by atoms with Crippen molar-refractivity contribution >= 4 is 55.9 Å². The molecule has 0 aliphatic carbocycles. The summed E-state index contributed by atoms with van der Waals surface area (Å²) >= 11 is 0. The monoisotopic (exact) mass is 791 g/mol. The molecule has 5 heteroatoms. The standard InChI is InChI=1S/C57H37N5/c1-3-18-38(19-4-1)59-48-29-12-8-25-43(48)55-47-37-58-35-34-53(47)62(57(55)45-27-10-15-32-51(45)59)41-23-17-22-40(36-41)60-49-30-13-7-24-42(49)54-44-26-9-14-31-50(44)61(39-20-5-2-6-21-39)56(54)46-28-11-16-33-52(46)60/h1-37H. The van der Waals surface area contributed by atoms with Crippen LogP contribution in [0, 0.1) is 0 Å². The third-order valence-corrected chi connectivity index (χ3v) is 12.6. The molecule has 2 aliphatic heterocycles. The van der Waals surface area contributed by atoms with Crippen molar-refractivity contribution in [3.8, 4) is 56.1 Å². The molecule has 3 aromatic heterocycles. The SMILES string of the molecule is c1ccc(N2c3ccccc3-c3c(n(-c4cccc(N5c6ccccc6-c6c(n(-c7ccccc7)c7ccccc67)-c6ccccc65)c4)c4ccncc34)-c3ccccc32)cc1. The van der Waals surface area contributed by atoms with Gasteiger partial charge in [-0.15, -0.1) is 0 Å². The summed E-state index contributed by atoms with van der Waals surface area (Å²) < 4.78 is 4.91. The van der Waals surface area contributed by atoms with Crippen molar-refractivity contribution in [1.29, 1.82) is 0 Å². The number of para-hydroxylation sites is 7. The van der Waals surface area contributed by atoms with E-state index in [4.69, 9.17) is 4.98 Å². The Hall–Kier alpha value is -8.41. The van der Waals surface area contributed by atoms with E-state index < -0.39 is 0 Å². The summed E-state index contributed by atoms with van der Waals surface area (Å²) in [7, 11) is 0. The van der Waals surface area contributed by atoms with Gasteiger partial charge in [0.1, 0.15) is 0 Å². The molecule has 0 unspecified atom stereocenters. The van der Waals surface area contributed by atoms with E-state index in [1.165, 1.54) is 38.9 Å². The van der Waals surface area contributed by atoms with Gasteiger partial charge in [-0.3, -0.25) is 4.98 Å². The van der Waals surface area contributed by atoms with E-state index >= 15 is 0 Å². The minimum Gasteiger partial charge on any atom is -0.309 e. The molecule has 0 fully saturated rings. The van der Waals surface area contributed by atoms with Crippen molar-refractivity contribution in [1.82, 2.24) is 14.1 Å². The van der Waals surface area contributed by atoms with Gasteiger partial charge in [-0.05, 0) is 78.9 Å². The van der Waals surface area contributed by atoms with Crippen LogP contribution in [0.15, 0.2) is 225 Å². The van der Waals surface area contributed by atoms with Crippen molar-refractivity contribution in [2.45, 2.75) is 0 Å². The zero-order valence-electron chi connectivity index (χ0n) is 33.6. The minimum absolute atomic E-state index is 1.07. The smallest absolute Gasteiger partial charge is 0.0641 e. The fraction of sp³-hybridized carbons (Fsp3) is 0. The van der Waals surface area contributed by atoms with Crippen LogP contribution < -0.4 is 9.80 Å². The van der Waals surface area contributed by atoms with Gasteiger partial charge in [0.15, 0.2) is 0 Å². The number of benzene rings is 8. The number of fused-ring (bicyclic) bond motifs is 14. The summed E-state index contributed by atoms with van der Waals surface area (Å²) in [5.41, 5.74) is 20.6. The van der Waals surface area contributed by atoms with Crippen LogP contribution in [0.3, 0.4) is 0 Å². The lowest BCUT2D eigenvalue weighted by Gasteiger charge is -2.28. The molecule has 0 saturated carbocycles. The second-order valence-corrected chi connectivity index (χ2v) is 16.0. The van der Waals surface area contributed by atoms with Crippen molar-refractivity contribution in [2.24, 2.45) is 0 Å². The van der Waals surface area contributed by atoms with E-state index in [0.717, 1.165) is 73.2 Å². The second-order valence-electron chi connectivity index (χ2n) is 16.0. The number of hydrogen-bond acceptors (Lipinski definition) is 3. The molecule has 8 aromatic carbocycles. The molecule has 290 valence electrons. The molecule has 0 atom stereocenters. The highest BCUT2D eigenvalue weighted by atomic mass is 15.2. The summed E-state index contributed by atoms with van der Waals surface area (Å²) in [6.07, 6.45) is 3.96. The molecule has 62 heavy (non-hydrogen) atoms. The van der Waals surface area contributed by atoms with Gasteiger partial charge in [-0.2, -0.15) is 0 Å². The molecule has 0 N–H and O–H groups in total. The molecule has 13 rings (SSSR count). The van der Waals surface area contributed by atoms with Crippen LogP contribution in [0.2, 0.25) is 0 Å². The number of anilines is 6. The van der Waals surface area contributed by atoms with Gasteiger partial charge in [0.25, 0.3) is 0 Å². The third-order valence-electron chi connectivity index (χ3n) is 12.6. The van der Waals surface area contributed by atoms with Crippen LogP contribution in [-0.2, 0) is 0 Å². The van der Waals surface area contributed by atoms with Crippen LogP contribution in [-0.4, -0.2) is 14.1 Å². The lowest BCUT2D eigenvalue weighted by atomic mass is 9.98. The summed E-state index contributed by atoms with van der Waals surface area (Å²) in [5, 5.41) is 2.33. The van der Waals surface area contributed by atoms with Crippen molar-refractivity contribution in [3.63, 3.8) is 0 Å². The third kappa shape index (κ3) is 4.93. The van der Waals surface area contributed by atoms with E-state index in [9.17, 15) is 0 Å². The highest BCUT2D eigenvalue weighted by Gasteiger charge is 2.34. The number of nitrogens with zero attached hydrogens (tertiary/aromatic N) is 5. The van der Waals surface area contributed by atoms with Crippen LogP contribution in [0.1, 0.15) is 0 Å². The van der Waals surface area contributed by atoms with Crippen molar-refractivity contribution < 1.29 is 0 Å². The highest BCUT2D eigenvalue weighted by molar-refractivity contribution is 6.14. The predicted octanol–water partition coefficient (Wildman–Crippen LogP) is 15.2.